The molecule has 0 bridgehead atoms. The first-order valence-electron chi connectivity index (χ1n) is 9.83. The van der Waals surface area contributed by atoms with Crippen molar-refractivity contribution < 1.29 is 23.2 Å². The van der Waals surface area contributed by atoms with E-state index in [-0.39, 0.29) is 29.6 Å². The molecule has 3 amide bonds. The molecular weight excluding hydrogens is 420 g/mol. The lowest BCUT2D eigenvalue weighted by atomic mass is 10.1. The van der Waals surface area contributed by atoms with Gasteiger partial charge in [0.15, 0.2) is 0 Å². The summed E-state index contributed by atoms with van der Waals surface area (Å²) in [5.41, 5.74) is 5.90. The van der Waals surface area contributed by atoms with Crippen molar-refractivity contribution in [1.82, 2.24) is 14.8 Å². The number of hydrogen-bond donors (Lipinski definition) is 2. The highest BCUT2D eigenvalue weighted by molar-refractivity contribution is 6.44. The molecule has 10 heteroatoms. The molecule has 0 saturated carbocycles. The number of carbonyl (C=O) groups excluding carboxylic acids is 3. The highest BCUT2D eigenvalue weighted by atomic mass is 19.1. The number of aliphatic imine (C=N–C) groups is 1. The quantitative estimate of drug-likeness (QED) is 0.282. The Balaban J connectivity index is 1.50. The Morgan fingerprint density at radius 2 is 1.62 bits per heavy atom. The monoisotopic (exact) mass is 439 g/mol. The number of nitrogens with one attached hydrogen (secondary N) is 1. The van der Waals surface area contributed by atoms with Crippen LogP contribution in [0.1, 0.15) is 15.9 Å². The van der Waals surface area contributed by atoms with E-state index in [0.717, 1.165) is 6.07 Å². The Hall–Kier alpha value is -4.08. The third kappa shape index (κ3) is 4.07. The van der Waals surface area contributed by atoms with Gasteiger partial charge in [0.05, 0.1) is 11.1 Å². The van der Waals surface area contributed by atoms with Gasteiger partial charge >= 0.3 is 6.03 Å². The number of H-pyrrole nitrogens is 1. The lowest BCUT2D eigenvalue weighted by molar-refractivity contribution is -0.127. The molecule has 1 saturated heterocycles. The molecule has 3 N–H and O–H groups in total. The van der Waals surface area contributed by atoms with E-state index in [2.05, 4.69) is 9.98 Å². The Kier molecular flexibility index (Phi) is 5.67. The number of aromatic nitrogens is 1. The molecule has 4 rings (SSSR count). The number of benzene rings is 2. The van der Waals surface area contributed by atoms with E-state index >= 15 is 0 Å². The van der Waals surface area contributed by atoms with Gasteiger partial charge in [0, 0.05) is 49.4 Å². The number of amides is 3. The first-order valence-corrected chi connectivity index (χ1v) is 9.83. The number of amidine groups is 1. The van der Waals surface area contributed by atoms with Crippen molar-refractivity contribution in [3.8, 4) is 0 Å². The number of carbonyl (C=O) groups is 3. The van der Waals surface area contributed by atoms with Gasteiger partial charge in [-0.1, -0.05) is 30.3 Å². The summed E-state index contributed by atoms with van der Waals surface area (Å²) in [6, 6.07) is 9.90. The van der Waals surface area contributed by atoms with Gasteiger partial charge in [0.2, 0.25) is 0 Å². The molecule has 1 fully saturated rings. The zero-order valence-electron chi connectivity index (χ0n) is 16.8. The van der Waals surface area contributed by atoms with Crippen LogP contribution < -0.4 is 5.73 Å². The second kappa shape index (κ2) is 8.58. The van der Waals surface area contributed by atoms with Crippen LogP contribution in [0, 0.1) is 11.6 Å². The minimum absolute atomic E-state index is 0.0960. The standard InChI is InChI=1S/C22H19F2N5O3/c23-14-10-16(24)18-15(12-26-17(18)11-14)19(30)21(31)29-8-6-28(7-9-29)20(27-22(25)32)13-4-2-1-3-5-13/h1-5,10-12,26H,6-9H2,(H2,25,32). The van der Waals surface area contributed by atoms with Crippen LogP contribution in [-0.2, 0) is 4.79 Å². The Morgan fingerprint density at radius 1 is 0.969 bits per heavy atom. The molecule has 1 aliphatic heterocycles. The number of nitrogens with zero attached hydrogens (tertiary/aromatic N) is 3. The molecule has 1 aliphatic rings. The second-order valence-electron chi connectivity index (χ2n) is 7.26. The van der Waals surface area contributed by atoms with Gasteiger partial charge in [0.25, 0.3) is 11.7 Å². The van der Waals surface area contributed by atoms with Gasteiger partial charge in [-0.15, -0.1) is 0 Å². The number of urea groups is 1. The highest BCUT2D eigenvalue weighted by Gasteiger charge is 2.30. The van der Waals surface area contributed by atoms with Gasteiger partial charge < -0.3 is 20.5 Å². The number of fused-ring (bicyclic) bond motifs is 1. The van der Waals surface area contributed by atoms with Crippen molar-refractivity contribution >= 4 is 34.5 Å². The van der Waals surface area contributed by atoms with Crippen LogP contribution in [0.5, 0.6) is 0 Å². The maximum Gasteiger partial charge on any atom is 0.340 e. The fourth-order valence-electron chi connectivity index (χ4n) is 3.75. The van der Waals surface area contributed by atoms with Crippen molar-refractivity contribution in [3.05, 3.63) is 71.4 Å². The van der Waals surface area contributed by atoms with Crippen LogP contribution in [0.15, 0.2) is 53.7 Å². The van der Waals surface area contributed by atoms with Crippen LogP contribution in [-0.4, -0.2) is 64.5 Å². The average Bonchev–Trinajstić information content (AvgIpc) is 3.21. The van der Waals surface area contributed by atoms with Gasteiger partial charge in [-0.2, -0.15) is 4.99 Å². The third-order valence-corrected chi connectivity index (χ3v) is 5.25. The van der Waals surface area contributed by atoms with Crippen LogP contribution in [0.25, 0.3) is 10.9 Å². The predicted octanol–water partition coefficient (Wildman–Crippen LogP) is 2.30. The number of primary amides is 1. The lowest BCUT2D eigenvalue weighted by Gasteiger charge is -2.36. The van der Waals surface area contributed by atoms with E-state index in [1.165, 1.54) is 11.1 Å². The van der Waals surface area contributed by atoms with Crippen molar-refractivity contribution in [2.45, 2.75) is 0 Å². The van der Waals surface area contributed by atoms with E-state index in [0.29, 0.717) is 30.6 Å². The number of rotatable bonds is 3. The average molecular weight is 439 g/mol. The zero-order chi connectivity index (χ0) is 22.8. The van der Waals surface area contributed by atoms with E-state index in [4.69, 9.17) is 5.73 Å². The van der Waals surface area contributed by atoms with Crippen molar-refractivity contribution in [2.75, 3.05) is 26.2 Å². The van der Waals surface area contributed by atoms with Crippen molar-refractivity contribution in [3.63, 3.8) is 0 Å². The topological polar surface area (TPSA) is 112 Å². The van der Waals surface area contributed by atoms with E-state index in [1.54, 1.807) is 24.3 Å². The van der Waals surface area contributed by atoms with E-state index in [9.17, 15) is 23.2 Å². The summed E-state index contributed by atoms with van der Waals surface area (Å²) in [6.07, 6.45) is 1.21. The molecule has 164 valence electrons. The molecule has 3 aromatic rings. The second-order valence-corrected chi connectivity index (χ2v) is 7.26. The fourth-order valence-corrected chi connectivity index (χ4v) is 3.75. The molecule has 8 nitrogen and oxygen atoms in total. The Morgan fingerprint density at radius 3 is 2.28 bits per heavy atom. The normalized spacial score (nSPS) is 14.6. The first kappa shape index (κ1) is 21.2. The number of hydrogen-bond acceptors (Lipinski definition) is 3. The van der Waals surface area contributed by atoms with Gasteiger partial charge in [0.1, 0.15) is 17.5 Å². The van der Waals surface area contributed by atoms with E-state index in [1.807, 2.05) is 11.0 Å². The molecule has 2 aromatic carbocycles. The number of Topliss-reactive ketones (excluding diaryl/α,β-unsaturated/α-hetero) is 1. The van der Waals surface area contributed by atoms with E-state index < -0.39 is 29.4 Å². The lowest BCUT2D eigenvalue weighted by Crippen LogP contribution is -2.52. The summed E-state index contributed by atoms with van der Waals surface area (Å²) in [4.78, 5) is 46.7. The Labute approximate surface area is 181 Å². The summed E-state index contributed by atoms with van der Waals surface area (Å²) in [5, 5.41) is -0.122. The molecule has 0 radical (unpaired) electrons. The first-order chi connectivity index (χ1) is 15.3. The SMILES string of the molecule is NC(=O)N=C(c1ccccc1)N1CCN(C(=O)C(=O)c2c[nH]c3cc(F)cc(F)c23)CC1. The Bertz CT molecular complexity index is 1230. The maximum atomic E-state index is 14.2. The molecule has 2 heterocycles. The number of nitrogens with two attached hydrogens (primary N) is 1. The summed E-state index contributed by atoms with van der Waals surface area (Å²) in [5.74, 6) is -2.99. The highest BCUT2D eigenvalue weighted by Crippen LogP contribution is 2.24. The zero-order valence-corrected chi connectivity index (χ0v) is 16.8. The minimum Gasteiger partial charge on any atom is -0.360 e. The number of ketones is 1. The maximum absolute atomic E-state index is 14.2. The molecule has 0 unspecified atom stereocenters. The van der Waals surface area contributed by atoms with Crippen LogP contribution in [0.4, 0.5) is 13.6 Å². The number of halogens is 2. The number of piperazine rings is 1. The minimum atomic E-state index is -0.919. The fraction of sp³-hybridized carbons (Fsp3) is 0.182. The third-order valence-electron chi connectivity index (χ3n) is 5.25. The molecule has 32 heavy (non-hydrogen) atoms. The molecular formula is C22H19F2N5O3. The van der Waals surface area contributed by atoms with Crippen LogP contribution in [0.2, 0.25) is 0 Å². The molecule has 0 aliphatic carbocycles. The summed E-state index contributed by atoms with van der Waals surface area (Å²) < 4.78 is 27.6. The molecule has 1 aromatic heterocycles. The van der Waals surface area contributed by atoms with Gasteiger partial charge in [-0.3, -0.25) is 9.59 Å². The largest absolute Gasteiger partial charge is 0.360 e. The van der Waals surface area contributed by atoms with Crippen LogP contribution >= 0.6 is 0 Å². The predicted molar refractivity (Wildman–Crippen MR) is 113 cm³/mol. The summed E-state index contributed by atoms with van der Waals surface area (Å²) in [6.45, 7) is 1.00. The van der Waals surface area contributed by atoms with Crippen LogP contribution in [0.3, 0.4) is 0 Å². The molecule has 0 spiro atoms. The number of aromatic amines is 1. The van der Waals surface area contributed by atoms with Crippen molar-refractivity contribution in [1.29, 1.82) is 0 Å². The van der Waals surface area contributed by atoms with Gasteiger partial charge in [-0.05, 0) is 6.07 Å². The van der Waals surface area contributed by atoms with Crippen molar-refractivity contribution in [2.24, 2.45) is 10.7 Å². The summed E-state index contributed by atoms with van der Waals surface area (Å²) >= 11 is 0. The van der Waals surface area contributed by atoms with Gasteiger partial charge in [-0.25, -0.2) is 13.6 Å². The smallest absolute Gasteiger partial charge is 0.340 e. The molecule has 0 atom stereocenters. The summed E-state index contributed by atoms with van der Waals surface area (Å²) in [7, 11) is 0.